The lowest BCUT2D eigenvalue weighted by Crippen LogP contribution is -2.44. The number of halogens is 3. The molecule has 1 aliphatic heterocycles. The molecule has 0 aromatic heterocycles. The molecule has 1 heterocycles. The average Bonchev–Trinajstić information content (AvgIpc) is 2.26. The molecule has 0 unspecified atom stereocenters. The zero-order valence-corrected chi connectivity index (χ0v) is 7.25. The molecule has 0 spiro atoms. The normalized spacial score (nSPS) is 15.8. The van der Waals surface area contributed by atoms with Crippen molar-refractivity contribution < 1.29 is 26.9 Å². The van der Waals surface area contributed by atoms with Gasteiger partial charge in [-0.2, -0.15) is 0 Å². The topological polar surface area (TPSA) is 27.7 Å². The minimum atomic E-state index is -1.53. The van der Waals surface area contributed by atoms with Gasteiger partial charge in [-0.1, -0.05) is 0 Å². The highest BCUT2D eigenvalue weighted by molar-refractivity contribution is 6.71. The Morgan fingerprint density at radius 2 is 1.53 bits per heavy atom. The molecule has 1 fully saturated rings. The maximum absolute atomic E-state index is 12.8. The summed E-state index contributed by atoms with van der Waals surface area (Å²) in [5.74, 6) is -4.13. The molecule has 0 aliphatic carbocycles. The molecule has 0 saturated carbocycles. The van der Waals surface area contributed by atoms with Gasteiger partial charge in [-0.25, -0.2) is 13.2 Å². The van der Waals surface area contributed by atoms with Gasteiger partial charge in [0.25, 0.3) is 0 Å². The van der Waals surface area contributed by atoms with E-state index >= 15 is 0 Å². The van der Waals surface area contributed by atoms with Crippen LogP contribution in [-0.4, -0.2) is 22.5 Å². The molecule has 1 aromatic rings. The molecule has 1 saturated heterocycles. The summed E-state index contributed by atoms with van der Waals surface area (Å²) in [5.41, 5.74) is 0.0159. The van der Waals surface area contributed by atoms with Crippen LogP contribution in [-0.2, 0) is 13.7 Å². The van der Waals surface area contributed by atoms with Crippen LogP contribution < -0.4 is 5.46 Å². The van der Waals surface area contributed by atoms with E-state index in [4.69, 9.17) is 9.14 Å². The van der Waals surface area contributed by atoms with Gasteiger partial charge in [0.1, 0.15) is 0 Å². The standard InChI is InChI=1S/C6H2B3F3O3/c10-4-1-3(2-5(11)6(4)12)9-14-7-13-8-15-9/h1-2H. The number of rotatable bonds is 1. The summed E-state index contributed by atoms with van der Waals surface area (Å²) in [7, 11) is 0.837. The van der Waals surface area contributed by atoms with Gasteiger partial charge in [0.15, 0.2) is 17.5 Å². The van der Waals surface area contributed by atoms with Crippen molar-refractivity contribution in [2.75, 3.05) is 0 Å². The smallest absolute Gasteiger partial charge is 0.457 e. The Morgan fingerprint density at radius 3 is 2.07 bits per heavy atom. The lowest BCUT2D eigenvalue weighted by Gasteiger charge is -2.18. The summed E-state index contributed by atoms with van der Waals surface area (Å²) in [4.78, 5) is 0. The molecule has 74 valence electrons. The third-order valence-electron chi connectivity index (χ3n) is 1.75. The predicted octanol–water partition coefficient (Wildman–Crippen LogP) is -0.0691. The van der Waals surface area contributed by atoms with Gasteiger partial charge in [0.2, 0.25) is 0 Å². The maximum Gasteiger partial charge on any atom is 0.466 e. The molecule has 15 heavy (non-hydrogen) atoms. The highest BCUT2D eigenvalue weighted by Crippen LogP contribution is 2.09. The van der Waals surface area contributed by atoms with E-state index in [-0.39, 0.29) is 5.46 Å². The van der Waals surface area contributed by atoms with Crippen LogP contribution >= 0.6 is 0 Å². The summed E-state index contributed by atoms with van der Waals surface area (Å²) in [6.45, 7) is 0. The minimum Gasteiger partial charge on any atom is -0.457 e. The second-order valence-electron chi connectivity index (χ2n) is 2.73. The van der Waals surface area contributed by atoms with Gasteiger partial charge < -0.3 is 13.7 Å². The number of benzene rings is 1. The van der Waals surface area contributed by atoms with Gasteiger partial charge in [-0.05, 0) is 17.6 Å². The van der Waals surface area contributed by atoms with Crippen molar-refractivity contribution in [2.24, 2.45) is 0 Å². The Kier molecular flexibility index (Phi) is 3.04. The second-order valence-corrected chi connectivity index (χ2v) is 2.73. The van der Waals surface area contributed by atoms with Crippen LogP contribution in [0.4, 0.5) is 13.2 Å². The van der Waals surface area contributed by atoms with Crippen molar-refractivity contribution in [3.63, 3.8) is 0 Å². The first-order chi connectivity index (χ1) is 7.18. The third-order valence-corrected chi connectivity index (χ3v) is 1.75. The SMILES string of the molecule is Fc1cc(B2O[B]O[B]O2)cc(F)c1F. The maximum atomic E-state index is 12.8. The molecule has 3 nitrogen and oxygen atoms in total. The fourth-order valence-corrected chi connectivity index (χ4v) is 1.09. The molecule has 0 amide bonds. The lowest BCUT2D eigenvalue weighted by atomic mass is 9.75. The Balaban J connectivity index is 2.27. The zero-order valence-electron chi connectivity index (χ0n) is 7.25. The van der Waals surface area contributed by atoms with Crippen LogP contribution in [0.25, 0.3) is 0 Å². The second kappa shape index (κ2) is 4.30. The molecule has 1 aromatic carbocycles. The molecular weight excluding hydrogens is 209 g/mol. The minimum absolute atomic E-state index is 0.0159. The summed E-state index contributed by atoms with van der Waals surface area (Å²) in [6.07, 6.45) is 0. The lowest BCUT2D eigenvalue weighted by molar-refractivity contribution is 0.333. The molecule has 0 atom stereocenters. The van der Waals surface area contributed by atoms with Crippen LogP contribution in [0.2, 0.25) is 0 Å². The van der Waals surface area contributed by atoms with Gasteiger partial charge >= 0.3 is 22.5 Å². The summed E-state index contributed by atoms with van der Waals surface area (Å²) < 4.78 is 52.2. The van der Waals surface area contributed by atoms with Crippen molar-refractivity contribution in [1.82, 2.24) is 0 Å². The van der Waals surface area contributed by atoms with Crippen molar-refractivity contribution in [1.29, 1.82) is 0 Å². The predicted molar refractivity (Wildman–Crippen MR) is 46.5 cm³/mol. The van der Waals surface area contributed by atoms with Crippen molar-refractivity contribution >= 4 is 28.0 Å². The van der Waals surface area contributed by atoms with Crippen molar-refractivity contribution in [3.05, 3.63) is 29.6 Å². The fraction of sp³-hybridized carbons (Fsp3) is 0. The molecule has 1 aliphatic rings. The first kappa shape index (κ1) is 10.6. The number of hydrogen-bond acceptors (Lipinski definition) is 3. The Bertz CT molecular complexity index is 349. The van der Waals surface area contributed by atoms with Crippen LogP contribution in [0.1, 0.15) is 0 Å². The van der Waals surface area contributed by atoms with Gasteiger partial charge in [0.05, 0.1) is 0 Å². The molecule has 2 radical (unpaired) electrons. The Morgan fingerprint density at radius 1 is 1.00 bits per heavy atom. The Hall–Kier alpha value is -0.915. The Labute approximate surface area is 85.3 Å². The van der Waals surface area contributed by atoms with E-state index in [9.17, 15) is 13.2 Å². The fourth-order valence-electron chi connectivity index (χ4n) is 1.09. The van der Waals surface area contributed by atoms with E-state index in [0.717, 1.165) is 27.5 Å². The van der Waals surface area contributed by atoms with Crippen molar-refractivity contribution in [2.45, 2.75) is 0 Å². The summed E-state index contributed by atoms with van der Waals surface area (Å²) in [5, 5.41) is 0. The van der Waals surface area contributed by atoms with Gasteiger partial charge in [0, 0.05) is 0 Å². The van der Waals surface area contributed by atoms with E-state index < -0.39 is 24.6 Å². The third kappa shape index (κ3) is 2.19. The van der Waals surface area contributed by atoms with E-state index in [1.165, 1.54) is 0 Å². The highest BCUT2D eigenvalue weighted by atomic mass is 19.2. The molecule has 9 heteroatoms. The molecular formula is C6H2B3F3O3. The van der Waals surface area contributed by atoms with Crippen molar-refractivity contribution in [3.8, 4) is 0 Å². The van der Waals surface area contributed by atoms with Crippen LogP contribution in [0.3, 0.4) is 0 Å². The van der Waals surface area contributed by atoms with Crippen LogP contribution in [0.5, 0.6) is 0 Å². The highest BCUT2D eigenvalue weighted by Gasteiger charge is 2.28. The van der Waals surface area contributed by atoms with E-state index in [2.05, 4.69) is 4.57 Å². The van der Waals surface area contributed by atoms with Gasteiger partial charge in [-0.3, -0.25) is 0 Å². The molecule has 0 N–H and O–H groups in total. The molecule has 0 bridgehead atoms. The zero-order chi connectivity index (χ0) is 10.8. The number of hydrogen-bond donors (Lipinski definition) is 0. The van der Waals surface area contributed by atoms with E-state index in [0.29, 0.717) is 0 Å². The van der Waals surface area contributed by atoms with Gasteiger partial charge in [-0.15, -0.1) is 0 Å². The monoisotopic (exact) mass is 212 g/mol. The summed E-state index contributed by atoms with van der Waals surface area (Å²) >= 11 is 0. The van der Waals surface area contributed by atoms with Crippen LogP contribution in [0, 0.1) is 17.5 Å². The first-order valence-electron chi connectivity index (χ1n) is 3.92. The van der Waals surface area contributed by atoms with E-state index in [1.807, 2.05) is 0 Å². The largest absolute Gasteiger partial charge is 0.466 e. The molecule has 2 rings (SSSR count). The van der Waals surface area contributed by atoms with E-state index in [1.54, 1.807) is 0 Å². The first-order valence-corrected chi connectivity index (χ1v) is 3.92. The quantitative estimate of drug-likeness (QED) is 0.481. The van der Waals surface area contributed by atoms with Crippen LogP contribution in [0.15, 0.2) is 12.1 Å². The average molecular weight is 212 g/mol. The summed E-state index contributed by atoms with van der Waals surface area (Å²) in [6, 6.07) is 1.58.